The van der Waals surface area contributed by atoms with Crippen LogP contribution in [0.4, 0.5) is 5.69 Å². The van der Waals surface area contributed by atoms with Crippen LogP contribution in [0.1, 0.15) is 30.7 Å². The summed E-state index contributed by atoms with van der Waals surface area (Å²) in [6, 6.07) is 12.6. The minimum absolute atomic E-state index is 0.927. The summed E-state index contributed by atoms with van der Waals surface area (Å²) < 4.78 is 0. The molecule has 0 saturated heterocycles. The highest BCUT2D eigenvalue weighted by atomic mass is 14.8. The Balaban J connectivity index is 0.000000140. The second kappa shape index (κ2) is 6.69. The standard InChI is InChI=1S/C12H13N.C8H8N2/c1-3-10-4-5-12-11(7-10)6-9(2)8-13-12;1-6-5-8-7(10-6)3-2-4-9-8/h4-8H,3H2,1-2H3;2-4H,5H2,1H3. The van der Waals surface area contributed by atoms with E-state index in [1.807, 2.05) is 31.5 Å². The zero-order valence-corrected chi connectivity index (χ0v) is 13.9. The third-order valence-corrected chi connectivity index (χ3v) is 3.89. The maximum atomic E-state index is 4.36. The van der Waals surface area contributed by atoms with Gasteiger partial charge in [0.15, 0.2) is 0 Å². The Labute approximate surface area is 137 Å². The van der Waals surface area contributed by atoms with E-state index in [1.54, 1.807) is 0 Å². The summed E-state index contributed by atoms with van der Waals surface area (Å²) in [6.07, 6.45) is 5.74. The van der Waals surface area contributed by atoms with Gasteiger partial charge in [0, 0.05) is 29.9 Å². The van der Waals surface area contributed by atoms with Crippen molar-refractivity contribution in [3.05, 3.63) is 65.6 Å². The number of aliphatic imine (C=N–C) groups is 1. The fourth-order valence-electron chi connectivity index (χ4n) is 2.67. The molecular formula is C20H21N3. The van der Waals surface area contributed by atoms with Gasteiger partial charge < -0.3 is 0 Å². The van der Waals surface area contributed by atoms with Crippen LogP contribution in [0.3, 0.4) is 0 Å². The number of nitrogens with zero attached hydrogens (tertiary/aromatic N) is 3. The Morgan fingerprint density at radius 3 is 2.70 bits per heavy atom. The van der Waals surface area contributed by atoms with Crippen LogP contribution >= 0.6 is 0 Å². The lowest BCUT2D eigenvalue weighted by Gasteiger charge is -2.01. The van der Waals surface area contributed by atoms with Gasteiger partial charge in [-0.3, -0.25) is 15.0 Å². The molecule has 0 bridgehead atoms. The van der Waals surface area contributed by atoms with Crippen molar-refractivity contribution >= 4 is 22.3 Å². The Hall–Kier alpha value is -2.55. The molecule has 0 unspecified atom stereocenters. The summed E-state index contributed by atoms with van der Waals surface area (Å²) in [7, 11) is 0. The summed E-state index contributed by atoms with van der Waals surface area (Å²) in [5.41, 5.74) is 7.00. The van der Waals surface area contributed by atoms with E-state index in [2.05, 4.69) is 53.1 Å². The highest BCUT2D eigenvalue weighted by molar-refractivity contribution is 5.91. The number of hydrogen-bond donors (Lipinski definition) is 0. The van der Waals surface area contributed by atoms with E-state index in [1.165, 1.54) is 16.5 Å². The lowest BCUT2D eigenvalue weighted by molar-refractivity contribution is 1.14. The zero-order chi connectivity index (χ0) is 16.2. The molecule has 3 nitrogen and oxygen atoms in total. The normalized spacial score (nSPS) is 12.4. The van der Waals surface area contributed by atoms with Gasteiger partial charge in [-0.25, -0.2) is 0 Å². The van der Waals surface area contributed by atoms with Gasteiger partial charge in [0.05, 0.1) is 16.9 Å². The quantitative estimate of drug-likeness (QED) is 0.645. The maximum Gasteiger partial charge on any atom is 0.0848 e. The van der Waals surface area contributed by atoms with E-state index < -0.39 is 0 Å². The van der Waals surface area contributed by atoms with Crippen LogP contribution in [-0.4, -0.2) is 15.7 Å². The van der Waals surface area contributed by atoms with E-state index >= 15 is 0 Å². The number of hydrogen-bond acceptors (Lipinski definition) is 3. The minimum atomic E-state index is 0.927. The molecular weight excluding hydrogens is 282 g/mol. The van der Waals surface area contributed by atoms with Crippen molar-refractivity contribution in [3.63, 3.8) is 0 Å². The summed E-state index contributed by atoms with van der Waals surface area (Å²) >= 11 is 0. The number of rotatable bonds is 1. The number of fused-ring (bicyclic) bond motifs is 2. The topological polar surface area (TPSA) is 38.1 Å². The molecule has 0 atom stereocenters. The van der Waals surface area contributed by atoms with Crippen molar-refractivity contribution in [2.24, 2.45) is 4.99 Å². The lowest BCUT2D eigenvalue weighted by atomic mass is 10.1. The number of benzene rings is 1. The molecule has 1 aliphatic rings. The smallest absolute Gasteiger partial charge is 0.0848 e. The SMILES string of the molecule is CC1=Nc2cccnc2C1.CCc1ccc2ncc(C)cc2c1. The summed E-state index contributed by atoms with van der Waals surface area (Å²) in [4.78, 5) is 12.9. The van der Waals surface area contributed by atoms with Crippen molar-refractivity contribution in [2.45, 2.75) is 33.6 Å². The molecule has 1 aromatic carbocycles. The van der Waals surface area contributed by atoms with Gasteiger partial charge in [-0.1, -0.05) is 13.0 Å². The van der Waals surface area contributed by atoms with Gasteiger partial charge in [-0.2, -0.15) is 0 Å². The van der Waals surface area contributed by atoms with Crippen LogP contribution in [0.2, 0.25) is 0 Å². The van der Waals surface area contributed by atoms with Gasteiger partial charge in [0.25, 0.3) is 0 Å². The number of aryl methyl sites for hydroxylation is 2. The molecule has 0 saturated carbocycles. The monoisotopic (exact) mass is 303 g/mol. The van der Waals surface area contributed by atoms with Gasteiger partial charge in [0.1, 0.15) is 0 Å². The van der Waals surface area contributed by atoms with Crippen LogP contribution < -0.4 is 0 Å². The van der Waals surface area contributed by atoms with E-state index in [4.69, 9.17) is 0 Å². The second-order valence-electron chi connectivity index (χ2n) is 5.89. The van der Waals surface area contributed by atoms with Crippen molar-refractivity contribution in [1.29, 1.82) is 0 Å². The third kappa shape index (κ3) is 3.62. The van der Waals surface area contributed by atoms with Crippen LogP contribution in [0.5, 0.6) is 0 Å². The molecule has 116 valence electrons. The van der Waals surface area contributed by atoms with Crippen LogP contribution in [0, 0.1) is 6.92 Å². The van der Waals surface area contributed by atoms with Crippen LogP contribution in [0.15, 0.2) is 53.8 Å². The number of pyridine rings is 2. The van der Waals surface area contributed by atoms with Gasteiger partial charge >= 0.3 is 0 Å². The van der Waals surface area contributed by atoms with Gasteiger partial charge in [-0.05, 0) is 61.7 Å². The van der Waals surface area contributed by atoms with Crippen LogP contribution in [-0.2, 0) is 12.8 Å². The Morgan fingerprint density at radius 2 is 1.91 bits per heavy atom. The van der Waals surface area contributed by atoms with Crippen molar-refractivity contribution in [3.8, 4) is 0 Å². The highest BCUT2D eigenvalue weighted by Gasteiger charge is 2.10. The first-order valence-electron chi connectivity index (χ1n) is 7.99. The van der Waals surface area contributed by atoms with Crippen LogP contribution in [0.25, 0.3) is 10.9 Å². The van der Waals surface area contributed by atoms with E-state index in [0.29, 0.717) is 0 Å². The summed E-state index contributed by atoms with van der Waals surface area (Å²) in [5, 5.41) is 1.25. The molecule has 4 rings (SSSR count). The molecule has 3 heteroatoms. The fourth-order valence-corrected chi connectivity index (χ4v) is 2.67. The molecule has 3 aromatic rings. The second-order valence-corrected chi connectivity index (χ2v) is 5.89. The molecule has 0 aliphatic carbocycles. The zero-order valence-electron chi connectivity index (χ0n) is 13.9. The maximum absolute atomic E-state index is 4.36. The first kappa shape index (κ1) is 15.3. The predicted octanol–water partition coefficient (Wildman–Crippen LogP) is 4.84. The molecule has 1 aliphatic heterocycles. The molecule has 0 spiro atoms. The van der Waals surface area contributed by atoms with Crippen molar-refractivity contribution < 1.29 is 0 Å². The molecule has 0 amide bonds. The predicted molar refractivity (Wildman–Crippen MR) is 96.6 cm³/mol. The molecule has 23 heavy (non-hydrogen) atoms. The van der Waals surface area contributed by atoms with Crippen molar-refractivity contribution in [1.82, 2.24) is 9.97 Å². The van der Waals surface area contributed by atoms with Gasteiger partial charge in [0.2, 0.25) is 0 Å². The molecule has 0 radical (unpaired) electrons. The molecule has 0 N–H and O–H groups in total. The number of aromatic nitrogens is 2. The molecule has 0 fully saturated rings. The first-order chi connectivity index (χ1) is 11.2. The average molecular weight is 303 g/mol. The average Bonchev–Trinajstić information content (AvgIpc) is 2.94. The molecule has 2 aromatic heterocycles. The highest BCUT2D eigenvalue weighted by Crippen LogP contribution is 2.23. The Bertz CT molecular complexity index is 866. The van der Waals surface area contributed by atoms with E-state index in [0.717, 1.165) is 35.5 Å². The Kier molecular flexibility index (Phi) is 4.47. The van der Waals surface area contributed by atoms with Crippen molar-refractivity contribution in [2.75, 3.05) is 0 Å². The first-order valence-corrected chi connectivity index (χ1v) is 7.99. The third-order valence-electron chi connectivity index (χ3n) is 3.89. The molecule has 3 heterocycles. The minimum Gasteiger partial charge on any atom is -0.259 e. The largest absolute Gasteiger partial charge is 0.259 e. The van der Waals surface area contributed by atoms with Gasteiger partial charge in [-0.15, -0.1) is 0 Å². The van der Waals surface area contributed by atoms with E-state index in [-0.39, 0.29) is 0 Å². The fraction of sp³-hybridized carbons (Fsp3) is 0.250. The Morgan fingerprint density at radius 1 is 1.04 bits per heavy atom. The summed E-state index contributed by atoms with van der Waals surface area (Å²) in [6.45, 7) is 6.27. The van der Waals surface area contributed by atoms with E-state index in [9.17, 15) is 0 Å². The summed E-state index contributed by atoms with van der Waals surface area (Å²) in [5.74, 6) is 0. The lowest BCUT2D eigenvalue weighted by Crippen LogP contribution is -1.90.